The van der Waals surface area contributed by atoms with Crippen LogP contribution in [0.4, 0.5) is 17.6 Å². The molecule has 4 atom stereocenters. The van der Waals surface area contributed by atoms with Crippen LogP contribution >= 0.6 is 0 Å². The minimum absolute atomic E-state index is 0.0465. The normalized spacial score (nSPS) is 19.5. The number of halogens is 4. The number of amides is 4. The molecule has 0 saturated carbocycles. The van der Waals surface area contributed by atoms with Crippen molar-refractivity contribution in [2.45, 2.75) is 63.9 Å². The molecule has 0 saturated heterocycles. The molecule has 4 aromatic rings. The van der Waals surface area contributed by atoms with Gasteiger partial charge in [-0.05, 0) is 52.9 Å². The first-order valence-electron chi connectivity index (χ1n) is 20.0. The molecule has 0 aliphatic carbocycles. The topological polar surface area (TPSA) is 207 Å². The molecule has 328 valence electrons. The number of nitrogens with one attached hydrogen (secondary N) is 4. The number of carbonyl (C=O) groups is 4. The van der Waals surface area contributed by atoms with Crippen molar-refractivity contribution in [1.82, 2.24) is 40.2 Å². The first-order valence-corrected chi connectivity index (χ1v) is 20.0. The largest absolute Gasteiger partial charge is 0.503 e. The highest BCUT2D eigenvalue weighted by Gasteiger charge is 2.46. The van der Waals surface area contributed by atoms with E-state index in [9.17, 15) is 56.5 Å². The molecular weight excluding hydrogens is 821 g/mol. The second-order valence-electron chi connectivity index (χ2n) is 15.3. The van der Waals surface area contributed by atoms with Crippen molar-refractivity contribution < 1.29 is 47.0 Å². The summed E-state index contributed by atoms with van der Waals surface area (Å²) in [6.45, 7) is 4.72. The summed E-state index contributed by atoms with van der Waals surface area (Å²) >= 11 is 0. The van der Waals surface area contributed by atoms with Crippen molar-refractivity contribution in [3.05, 3.63) is 125 Å². The van der Waals surface area contributed by atoms with Crippen LogP contribution in [-0.2, 0) is 13.1 Å². The SMILES string of the molecule is CCN1C[C@@H]2C[C@@H](NC)c3c(C(=O)NCc4ccc(F)cc4F)c(=O)c(O)c(n32)C1=O.CCN1C[C@@H]2C[C@H](NC)c3c(C(=O)NCc4ccc(F)cc4F)c(=O)c(O)c(n32)C1=O. The number of benzene rings is 2. The Labute approximate surface area is 351 Å². The van der Waals surface area contributed by atoms with Crippen LogP contribution in [0.2, 0.25) is 0 Å². The average molecular weight is 865 g/mol. The number of likely N-dealkylation sites (N-methyl/N-ethyl adjacent to an activating group) is 2. The predicted octanol–water partition coefficient (Wildman–Crippen LogP) is 2.89. The summed E-state index contributed by atoms with van der Waals surface area (Å²) in [5, 5.41) is 32.2. The zero-order chi connectivity index (χ0) is 44.9. The molecule has 0 bridgehead atoms. The maximum atomic E-state index is 13.9. The lowest BCUT2D eigenvalue weighted by atomic mass is 10.0. The van der Waals surface area contributed by atoms with Crippen LogP contribution in [0.3, 0.4) is 0 Å². The van der Waals surface area contributed by atoms with Crippen LogP contribution in [0.25, 0.3) is 0 Å². The summed E-state index contributed by atoms with van der Waals surface area (Å²) in [6, 6.07) is 4.76. The van der Waals surface area contributed by atoms with Crippen LogP contribution in [0.1, 0.15) is 115 Å². The lowest BCUT2D eigenvalue weighted by Gasteiger charge is -2.33. The molecule has 62 heavy (non-hydrogen) atoms. The Kier molecular flexibility index (Phi) is 12.0. The Morgan fingerprint density at radius 2 is 1.02 bits per heavy atom. The molecule has 4 aliphatic heterocycles. The molecular formula is C42H44F4N8O8. The smallest absolute Gasteiger partial charge is 0.274 e. The number of hydrogen-bond acceptors (Lipinski definition) is 10. The lowest BCUT2D eigenvalue weighted by Crippen LogP contribution is -2.44. The third-order valence-electron chi connectivity index (χ3n) is 11.9. The van der Waals surface area contributed by atoms with Crippen molar-refractivity contribution >= 4 is 23.6 Å². The van der Waals surface area contributed by atoms with Crippen molar-refractivity contribution in [3.8, 4) is 11.5 Å². The summed E-state index contributed by atoms with van der Waals surface area (Å²) in [4.78, 5) is 80.6. The summed E-state index contributed by atoms with van der Waals surface area (Å²) in [6.07, 6.45) is 1.06. The van der Waals surface area contributed by atoms with Crippen LogP contribution in [0.15, 0.2) is 46.0 Å². The third kappa shape index (κ3) is 7.35. The highest BCUT2D eigenvalue weighted by Crippen LogP contribution is 2.43. The van der Waals surface area contributed by atoms with Crippen molar-refractivity contribution in [1.29, 1.82) is 0 Å². The molecule has 2 aromatic heterocycles. The van der Waals surface area contributed by atoms with Gasteiger partial charge in [0.15, 0.2) is 22.9 Å². The summed E-state index contributed by atoms with van der Waals surface area (Å²) < 4.78 is 57.2. The zero-order valence-corrected chi connectivity index (χ0v) is 34.1. The van der Waals surface area contributed by atoms with E-state index < -0.39 is 69.3 Å². The average Bonchev–Trinajstić information content (AvgIpc) is 3.79. The van der Waals surface area contributed by atoms with Gasteiger partial charge in [0, 0.05) is 62.5 Å². The van der Waals surface area contributed by atoms with Crippen molar-refractivity contribution in [2.75, 3.05) is 40.3 Å². The molecule has 6 N–H and O–H groups in total. The molecule has 0 spiro atoms. The van der Waals surface area contributed by atoms with Crippen LogP contribution in [0.5, 0.6) is 11.5 Å². The number of carbonyl (C=O) groups excluding carboxylic acids is 4. The van der Waals surface area contributed by atoms with Gasteiger partial charge in [-0.2, -0.15) is 0 Å². The second-order valence-corrected chi connectivity index (χ2v) is 15.3. The van der Waals surface area contributed by atoms with E-state index in [0.717, 1.165) is 12.1 Å². The Hall–Kier alpha value is -6.54. The van der Waals surface area contributed by atoms with Gasteiger partial charge < -0.3 is 50.4 Å². The molecule has 20 heteroatoms. The van der Waals surface area contributed by atoms with Gasteiger partial charge in [-0.1, -0.05) is 12.1 Å². The molecule has 2 aromatic carbocycles. The van der Waals surface area contributed by atoms with E-state index in [0.29, 0.717) is 62.5 Å². The maximum absolute atomic E-state index is 13.9. The fourth-order valence-electron chi connectivity index (χ4n) is 8.86. The van der Waals surface area contributed by atoms with E-state index in [1.165, 1.54) is 12.1 Å². The molecule has 8 rings (SSSR count). The van der Waals surface area contributed by atoms with E-state index in [1.54, 1.807) is 33.0 Å². The van der Waals surface area contributed by atoms with Gasteiger partial charge in [0.1, 0.15) is 34.4 Å². The number of pyridine rings is 2. The number of nitrogens with zero attached hydrogens (tertiary/aromatic N) is 4. The van der Waals surface area contributed by atoms with Gasteiger partial charge in [0.05, 0.1) is 35.6 Å². The highest BCUT2D eigenvalue weighted by molar-refractivity contribution is 6.01. The minimum atomic E-state index is -0.953. The van der Waals surface area contributed by atoms with E-state index in [1.807, 2.05) is 13.8 Å². The predicted molar refractivity (Wildman–Crippen MR) is 214 cm³/mol. The second kappa shape index (κ2) is 17.1. The third-order valence-corrected chi connectivity index (χ3v) is 11.9. The van der Waals surface area contributed by atoms with E-state index in [-0.39, 0.29) is 70.9 Å². The van der Waals surface area contributed by atoms with Gasteiger partial charge in [0.2, 0.25) is 10.9 Å². The van der Waals surface area contributed by atoms with Crippen molar-refractivity contribution in [3.63, 3.8) is 0 Å². The zero-order valence-electron chi connectivity index (χ0n) is 34.1. The fourth-order valence-corrected chi connectivity index (χ4v) is 8.86. The Morgan fingerprint density at radius 3 is 1.34 bits per heavy atom. The summed E-state index contributed by atoms with van der Waals surface area (Å²) in [5.74, 6) is -7.22. The van der Waals surface area contributed by atoms with Crippen LogP contribution < -0.4 is 32.1 Å². The maximum Gasteiger partial charge on any atom is 0.274 e. The standard InChI is InChI=1S/2C21H22F2N4O4/c2*1-3-26-9-12-7-14(24-2)16-15(18(28)19(29)17(21(26)31)27(12)16)20(30)25-8-10-4-5-11(22)6-13(10)23/h2*4-6,12,14,24,29H,3,7-9H2,1-2H3,(H,25,30)/t12-,14+;12-,14-/m00/s1. The number of rotatable bonds is 10. The van der Waals surface area contributed by atoms with Gasteiger partial charge in [-0.15, -0.1) is 0 Å². The van der Waals surface area contributed by atoms with E-state index >= 15 is 0 Å². The fraction of sp³-hybridized carbons (Fsp3) is 0.381. The molecule has 6 heterocycles. The lowest BCUT2D eigenvalue weighted by molar-refractivity contribution is 0.0668. The van der Waals surface area contributed by atoms with Gasteiger partial charge >= 0.3 is 0 Å². The number of aromatic nitrogens is 2. The van der Waals surface area contributed by atoms with Crippen LogP contribution in [-0.4, -0.2) is 93.1 Å². The summed E-state index contributed by atoms with van der Waals surface area (Å²) in [7, 11) is 3.36. The number of hydrogen-bond donors (Lipinski definition) is 6. The Balaban J connectivity index is 0.000000186. The minimum Gasteiger partial charge on any atom is -0.503 e. The summed E-state index contributed by atoms with van der Waals surface area (Å²) in [5.41, 5.74) is -1.97. The monoisotopic (exact) mass is 864 g/mol. The first-order chi connectivity index (χ1) is 29.6. The van der Waals surface area contributed by atoms with Gasteiger partial charge in [-0.3, -0.25) is 28.8 Å². The molecule has 4 amide bonds. The highest BCUT2D eigenvalue weighted by atomic mass is 19.1. The molecule has 16 nitrogen and oxygen atoms in total. The molecule has 0 fully saturated rings. The van der Waals surface area contributed by atoms with Crippen molar-refractivity contribution in [2.24, 2.45) is 0 Å². The molecule has 4 aliphatic rings. The van der Waals surface area contributed by atoms with Gasteiger partial charge in [0.25, 0.3) is 23.6 Å². The number of aromatic hydroxyl groups is 2. The Morgan fingerprint density at radius 1 is 0.645 bits per heavy atom. The van der Waals surface area contributed by atoms with E-state index in [4.69, 9.17) is 0 Å². The quantitative estimate of drug-likeness (QED) is 0.129. The molecule has 0 radical (unpaired) electrons. The molecule has 0 unspecified atom stereocenters. The van der Waals surface area contributed by atoms with E-state index in [2.05, 4.69) is 21.3 Å². The first kappa shape index (κ1) is 43.5. The Bertz CT molecular complexity index is 2470. The van der Waals surface area contributed by atoms with Crippen LogP contribution in [0, 0.1) is 23.3 Å². The van der Waals surface area contributed by atoms with Gasteiger partial charge in [-0.25, -0.2) is 17.6 Å².